The molecule has 0 spiro atoms. The second-order valence-electron chi connectivity index (χ2n) is 0.231. The molecule has 0 aromatic rings. The van der Waals surface area contributed by atoms with E-state index in [1.54, 1.807) is 0 Å². The van der Waals surface area contributed by atoms with Crippen LogP contribution in [-0.2, 0) is 11.4 Å². The number of hydrogen-bond acceptors (Lipinski definition) is 1. The molecular formula is H5NaO3S. The molecule has 5 heteroatoms. The molecule has 30 valence electrons. The minimum absolute atomic E-state index is 0. The Labute approximate surface area is 57.1 Å². The van der Waals surface area contributed by atoms with Crippen LogP contribution in [0.3, 0.4) is 0 Å². The first-order valence-electron chi connectivity index (χ1n) is 0.532. The Kier molecular flexibility index (Phi) is 9.55. The van der Waals surface area contributed by atoms with E-state index in [9.17, 15) is 0 Å². The van der Waals surface area contributed by atoms with Gasteiger partial charge in [0.05, 0.1) is 0 Å². The molecule has 0 aliphatic carbocycles. The molecular weight excluding hydrogens is 103 g/mol. The van der Waals surface area contributed by atoms with E-state index in [1.165, 1.54) is 0 Å². The molecule has 0 atom stereocenters. The summed E-state index contributed by atoms with van der Waals surface area (Å²) in [5.74, 6) is 0. The molecule has 0 unspecified atom stereocenters. The van der Waals surface area contributed by atoms with Gasteiger partial charge >= 0.3 is 29.6 Å². The quantitative estimate of drug-likeness (QED) is 0.257. The Hall–Kier alpha value is 1.07. The monoisotopic (exact) mass is 108 g/mol. The number of hydrogen-bond donors (Lipinski definition) is 2. The van der Waals surface area contributed by atoms with Crippen LogP contribution in [0, 0.1) is 0 Å². The van der Waals surface area contributed by atoms with Gasteiger partial charge in [0.1, 0.15) is 0 Å². The maximum Gasteiger partial charge on any atom is 1.00 e. The van der Waals surface area contributed by atoms with Gasteiger partial charge < -0.3 is 1.43 Å². The Morgan fingerprint density at radius 3 is 1.80 bits per heavy atom. The number of rotatable bonds is 0. The van der Waals surface area contributed by atoms with Crippen LogP contribution in [0.25, 0.3) is 0 Å². The molecule has 0 heterocycles. The third-order valence-corrected chi connectivity index (χ3v) is 0. The average Bonchev–Trinajstić information content (AvgIpc) is 0.811. The topological polar surface area (TPSA) is 57.5 Å². The predicted octanol–water partition coefficient (Wildman–Crippen LogP) is -2.96. The summed E-state index contributed by atoms with van der Waals surface area (Å²) in [6.07, 6.45) is 0. The predicted molar refractivity (Wildman–Crippen MR) is 16.6 cm³/mol. The van der Waals surface area contributed by atoms with Gasteiger partial charge in [-0.2, -0.15) is 4.21 Å². The van der Waals surface area contributed by atoms with Crippen molar-refractivity contribution in [2.75, 3.05) is 0 Å². The molecule has 0 fully saturated rings. The Morgan fingerprint density at radius 1 is 1.80 bits per heavy atom. The molecule has 2 N–H and O–H groups in total. The van der Waals surface area contributed by atoms with E-state index in [0.717, 1.165) is 0 Å². The fraction of sp³-hybridized carbons (Fsp3) is 0. The average molecular weight is 108 g/mol. The molecule has 0 aliphatic heterocycles. The summed E-state index contributed by atoms with van der Waals surface area (Å²) in [7, 11) is 0. The van der Waals surface area contributed by atoms with Gasteiger partial charge in [0, 0.05) is 1.43 Å². The molecule has 0 amide bonds. The SMILES string of the molecule is O=S(O)O.[H-].[HH].[Na+]. The van der Waals surface area contributed by atoms with Gasteiger partial charge in [0.15, 0.2) is 0 Å². The molecule has 0 aromatic heterocycles. The van der Waals surface area contributed by atoms with Crippen molar-refractivity contribution in [3.63, 3.8) is 0 Å². The maximum atomic E-state index is 8.67. The van der Waals surface area contributed by atoms with E-state index in [-0.39, 0.29) is 32.4 Å². The van der Waals surface area contributed by atoms with E-state index in [2.05, 4.69) is 0 Å². The van der Waals surface area contributed by atoms with Crippen LogP contribution in [0.2, 0.25) is 0 Å². The smallest absolute Gasteiger partial charge is 1.00 e. The third kappa shape index (κ3) is 41.7. The maximum absolute atomic E-state index is 8.67. The zero-order chi connectivity index (χ0) is 3.58. The van der Waals surface area contributed by atoms with Crippen molar-refractivity contribution >= 4 is 11.4 Å². The second kappa shape index (κ2) is 5.07. The van der Waals surface area contributed by atoms with Gasteiger partial charge in [0.2, 0.25) is 0 Å². The van der Waals surface area contributed by atoms with Crippen molar-refractivity contribution in [3.8, 4) is 0 Å². The van der Waals surface area contributed by atoms with Crippen molar-refractivity contribution in [1.29, 1.82) is 0 Å². The van der Waals surface area contributed by atoms with Crippen LogP contribution in [0.4, 0.5) is 0 Å². The summed E-state index contributed by atoms with van der Waals surface area (Å²) in [4.78, 5) is 0. The molecule has 0 aliphatic rings. The van der Waals surface area contributed by atoms with Crippen molar-refractivity contribution in [1.82, 2.24) is 0 Å². The van der Waals surface area contributed by atoms with E-state index in [1.807, 2.05) is 0 Å². The summed E-state index contributed by atoms with van der Waals surface area (Å²) >= 11 is -2.61. The molecule has 0 rings (SSSR count). The summed E-state index contributed by atoms with van der Waals surface area (Å²) in [5, 5.41) is 0. The second-order valence-corrected chi connectivity index (χ2v) is 0.692. The largest absolute Gasteiger partial charge is 1.00 e. The first-order chi connectivity index (χ1) is 1.73. The van der Waals surface area contributed by atoms with Gasteiger partial charge in [-0.25, -0.2) is 0 Å². The van der Waals surface area contributed by atoms with Crippen molar-refractivity contribution in [2.24, 2.45) is 0 Å². The van der Waals surface area contributed by atoms with E-state index < -0.39 is 11.4 Å². The van der Waals surface area contributed by atoms with Crippen LogP contribution in [0.5, 0.6) is 0 Å². The normalized spacial score (nSPS) is 7.00. The molecule has 0 saturated carbocycles. The first-order valence-corrected chi connectivity index (χ1v) is 1.60. The Balaban J connectivity index is -0.0000000150. The van der Waals surface area contributed by atoms with Crippen LogP contribution >= 0.6 is 0 Å². The fourth-order valence-electron chi connectivity index (χ4n) is 0. The van der Waals surface area contributed by atoms with Crippen LogP contribution in [-0.4, -0.2) is 13.3 Å². The van der Waals surface area contributed by atoms with Gasteiger partial charge in [-0.05, 0) is 0 Å². The Bertz CT molecular complexity index is 35.9. The van der Waals surface area contributed by atoms with Crippen LogP contribution < -0.4 is 29.6 Å². The molecule has 0 saturated heterocycles. The van der Waals surface area contributed by atoms with Crippen molar-refractivity contribution in [2.45, 2.75) is 0 Å². The van der Waals surface area contributed by atoms with E-state index in [4.69, 9.17) is 13.3 Å². The van der Waals surface area contributed by atoms with Crippen LogP contribution in [0.15, 0.2) is 0 Å². The molecule has 0 radical (unpaired) electrons. The minimum atomic E-state index is -2.61. The summed E-state index contributed by atoms with van der Waals surface area (Å²) in [5.41, 5.74) is 0. The fourth-order valence-corrected chi connectivity index (χ4v) is 0. The Morgan fingerprint density at radius 2 is 1.80 bits per heavy atom. The van der Waals surface area contributed by atoms with E-state index in [0.29, 0.717) is 0 Å². The third-order valence-electron chi connectivity index (χ3n) is 0. The summed E-state index contributed by atoms with van der Waals surface area (Å²) < 4.78 is 22.8. The van der Waals surface area contributed by atoms with Crippen molar-refractivity contribution in [3.05, 3.63) is 0 Å². The standard InChI is InChI=1S/Na.H2O3S.H2.H/c;1-4(2)3;;/h;(H2,1,2,3);1H;/q+1;;;-1. The molecule has 0 aromatic carbocycles. The van der Waals surface area contributed by atoms with Gasteiger partial charge in [-0.1, -0.05) is 0 Å². The summed E-state index contributed by atoms with van der Waals surface area (Å²) in [6.45, 7) is 0. The summed E-state index contributed by atoms with van der Waals surface area (Å²) in [6, 6.07) is 0. The molecule has 0 bridgehead atoms. The minimum Gasteiger partial charge on any atom is -1.00 e. The van der Waals surface area contributed by atoms with Crippen LogP contribution in [0.1, 0.15) is 2.85 Å². The van der Waals surface area contributed by atoms with Gasteiger partial charge in [0.25, 0.3) is 11.4 Å². The zero-order valence-electron chi connectivity index (χ0n) is 3.71. The van der Waals surface area contributed by atoms with Gasteiger partial charge in [-0.3, -0.25) is 9.11 Å². The molecule has 3 nitrogen and oxygen atoms in total. The van der Waals surface area contributed by atoms with Gasteiger partial charge in [-0.15, -0.1) is 0 Å². The van der Waals surface area contributed by atoms with Crippen molar-refractivity contribution < 1.29 is 45.7 Å². The van der Waals surface area contributed by atoms with E-state index >= 15 is 0 Å². The molecule has 5 heavy (non-hydrogen) atoms. The zero-order valence-corrected chi connectivity index (χ0v) is 5.53. The first kappa shape index (κ1) is 9.42.